The van der Waals surface area contributed by atoms with Crippen LogP contribution in [0, 0.1) is 5.82 Å². The van der Waals surface area contributed by atoms with Gasteiger partial charge in [-0.25, -0.2) is 9.37 Å². The Balaban J connectivity index is 0.00000169. The third kappa shape index (κ3) is 2.85. The average Bonchev–Trinajstić information content (AvgIpc) is 3.02. The highest BCUT2D eigenvalue weighted by molar-refractivity contribution is 5.85. The molecular weight excluding hydrogens is 331 g/mol. The topological polar surface area (TPSA) is 49.6 Å². The summed E-state index contributed by atoms with van der Waals surface area (Å²) < 4.78 is 14.7. The average molecular weight is 351 g/mol. The number of aromatic nitrogens is 2. The van der Waals surface area contributed by atoms with Crippen LogP contribution in [0.4, 0.5) is 4.39 Å². The Morgan fingerprint density at radius 2 is 2.08 bits per heavy atom. The predicted molar refractivity (Wildman–Crippen MR) is 93.1 cm³/mol. The number of hydrogen-bond donors (Lipinski definition) is 1. The number of piperazine rings is 1. The Morgan fingerprint density at radius 1 is 1.29 bits per heavy atom. The van der Waals surface area contributed by atoms with E-state index < -0.39 is 5.82 Å². The van der Waals surface area contributed by atoms with Crippen LogP contribution in [0.15, 0.2) is 41.5 Å². The molecule has 1 aliphatic heterocycles. The monoisotopic (exact) mass is 350 g/mol. The van der Waals surface area contributed by atoms with E-state index in [-0.39, 0.29) is 23.5 Å². The molecule has 1 saturated heterocycles. The summed E-state index contributed by atoms with van der Waals surface area (Å²) in [7, 11) is 0. The summed E-state index contributed by atoms with van der Waals surface area (Å²) >= 11 is 0. The molecule has 4 rings (SSSR count). The smallest absolute Gasteiger partial charge is 0.262 e. The molecule has 0 unspecified atom stereocenters. The Morgan fingerprint density at radius 3 is 2.88 bits per heavy atom. The van der Waals surface area contributed by atoms with Crippen LogP contribution in [0.5, 0.6) is 0 Å². The van der Waals surface area contributed by atoms with Gasteiger partial charge in [0, 0.05) is 44.1 Å². The van der Waals surface area contributed by atoms with Gasteiger partial charge >= 0.3 is 0 Å². The molecule has 0 radical (unpaired) electrons. The number of rotatable bonds is 2. The largest absolute Gasteiger partial charge is 0.314 e. The molecular formula is C17H20ClFN4O. The van der Waals surface area contributed by atoms with Gasteiger partial charge in [0.15, 0.2) is 0 Å². The first-order chi connectivity index (χ1) is 11.2. The first-order valence-corrected chi connectivity index (χ1v) is 7.95. The zero-order valence-electron chi connectivity index (χ0n) is 13.2. The molecule has 0 saturated carbocycles. The molecule has 5 nitrogen and oxygen atoms in total. The number of halogens is 2. The van der Waals surface area contributed by atoms with Gasteiger partial charge in [0.05, 0.1) is 5.56 Å². The highest BCUT2D eigenvalue weighted by Gasteiger charge is 2.39. The van der Waals surface area contributed by atoms with Crippen molar-refractivity contribution in [2.24, 2.45) is 0 Å². The summed E-state index contributed by atoms with van der Waals surface area (Å²) in [6, 6.07) is 2.84. The lowest BCUT2D eigenvalue weighted by molar-refractivity contribution is 0.0616. The van der Waals surface area contributed by atoms with Crippen molar-refractivity contribution in [1.29, 1.82) is 0 Å². The maximum atomic E-state index is 13.4. The molecule has 3 heterocycles. The third-order valence-corrected chi connectivity index (χ3v) is 4.94. The van der Waals surface area contributed by atoms with Crippen LogP contribution in [0.3, 0.4) is 0 Å². The Hall–Kier alpha value is -1.76. The number of fused-ring (bicyclic) bond motifs is 1. The maximum Gasteiger partial charge on any atom is 0.262 e. The van der Waals surface area contributed by atoms with Crippen LogP contribution in [-0.4, -0.2) is 39.5 Å². The van der Waals surface area contributed by atoms with Crippen molar-refractivity contribution in [2.45, 2.75) is 24.9 Å². The van der Waals surface area contributed by atoms with Crippen molar-refractivity contribution in [3.05, 3.63) is 58.4 Å². The molecule has 0 atom stereocenters. The number of hydrogen-bond acceptors (Lipinski definition) is 4. The van der Waals surface area contributed by atoms with Crippen molar-refractivity contribution in [3.63, 3.8) is 0 Å². The second kappa shape index (κ2) is 6.63. The molecule has 2 aromatic heterocycles. The highest BCUT2D eigenvalue weighted by atomic mass is 35.5. The van der Waals surface area contributed by atoms with Gasteiger partial charge in [-0.3, -0.25) is 14.1 Å². The fourth-order valence-electron chi connectivity index (χ4n) is 3.63. The fourth-order valence-corrected chi connectivity index (χ4v) is 3.63. The molecule has 1 N–H and O–H groups in total. The summed E-state index contributed by atoms with van der Waals surface area (Å²) in [4.78, 5) is 19.3. The predicted octanol–water partition coefficient (Wildman–Crippen LogP) is 1.75. The van der Waals surface area contributed by atoms with E-state index in [4.69, 9.17) is 0 Å². The Labute approximate surface area is 145 Å². The van der Waals surface area contributed by atoms with Gasteiger partial charge < -0.3 is 5.32 Å². The minimum atomic E-state index is -0.433. The molecule has 0 aromatic carbocycles. The van der Waals surface area contributed by atoms with Gasteiger partial charge in [0.1, 0.15) is 11.5 Å². The zero-order chi connectivity index (χ0) is 15.9. The molecule has 2 aliphatic rings. The lowest BCUT2D eigenvalue weighted by atomic mass is 9.91. The van der Waals surface area contributed by atoms with Gasteiger partial charge in [-0.1, -0.05) is 12.2 Å². The molecule has 0 amide bonds. The van der Waals surface area contributed by atoms with E-state index >= 15 is 0 Å². The van der Waals surface area contributed by atoms with Crippen LogP contribution >= 0.6 is 12.4 Å². The van der Waals surface area contributed by atoms with Gasteiger partial charge in [-0.2, -0.15) is 0 Å². The third-order valence-electron chi connectivity index (χ3n) is 4.94. The maximum absolute atomic E-state index is 13.4. The van der Waals surface area contributed by atoms with Crippen molar-refractivity contribution < 1.29 is 4.39 Å². The minimum Gasteiger partial charge on any atom is -0.314 e. The van der Waals surface area contributed by atoms with Crippen LogP contribution in [0.2, 0.25) is 0 Å². The first kappa shape index (κ1) is 17.1. The molecule has 1 aliphatic carbocycles. The standard InChI is InChI=1S/C17H19FN4O.ClH/c18-14-3-4-15-20-9-13(16(23)22(15)11-14)10-21-8-7-19-12-17(21)5-1-2-6-17;/h1-4,9,11,19H,5-8,10,12H2;1H. The molecule has 2 aromatic rings. The number of nitrogens with one attached hydrogen (secondary N) is 1. The summed E-state index contributed by atoms with van der Waals surface area (Å²) in [5.74, 6) is -0.433. The van der Waals surface area contributed by atoms with E-state index in [2.05, 4.69) is 27.4 Å². The van der Waals surface area contributed by atoms with Gasteiger partial charge in [-0.15, -0.1) is 12.4 Å². The quantitative estimate of drug-likeness (QED) is 0.838. The van der Waals surface area contributed by atoms with Crippen molar-refractivity contribution in [1.82, 2.24) is 19.6 Å². The number of nitrogens with zero attached hydrogens (tertiary/aromatic N) is 3. The van der Waals surface area contributed by atoms with Crippen LogP contribution < -0.4 is 10.9 Å². The summed E-state index contributed by atoms with van der Waals surface area (Å²) in [5.41, 5.74) is 0.958. The van der Waals surface area contributed by atoms with Crippen LogP contribution in [0.1, 0.15) is 18.4 Å². The Bertz CT molecular complexity index is 827. The summed E-state index contributed by atoms with van der Waals surface area (Å²) in [5, 5.41) is 3.45. The van der Waals surface area contributed by atoms with Crippen LogP contribution in [-0.2, 0) is 6.54 Å². The van der Waals surface area contributed by atoms with E-state index in [0.717, 1.165) is 32.5 Å². The van der Waals surface area contributed by atoms with Gasteiger partial charge in [0.25, 0.3) is 5.56 Å². The number of pyridine rings is 1. The van der Waals surface area contributed by atoms with Crippen molar-refractivity contribution in [3.8, 4) is 0 Å². The summed E-state index contributed by atoms with van der Waals surface area (Å²) in [6.45, 7) is 3.29. The second-order valence-corrected chi connectivity index (χ2v) is 6.37. The lowest BCUT2D eigenvalue weighted by Gasteiger charge is -2.45. The first-order valence-electron chi connectivity index (χ1n) is 7.95. The van der Waals surface area contributed by atoms with Crippen molar-refractivity contribution in [2.75, 3.05) is 19.6 Å². The van der Waals surface area contributed by atoms with E-state index in [0.29, 0.717) is 17.8 Å². The Kier molecular flexibility index (Phi) is 4.71. The molecule has 24 heavy (non-hydrogen) atoms. The van der Waals surface area contributed by atoms with Gasteiger partial charge in [-0.05, 0) is 25.0 Å². The minimum absolute atomic E-state index is 0. The van der Waals surface area contributed by atoms with E-state index in [9.17, 15) is 9.18 Å². The SMILES string of the molecule is Cl.O=c1c(CN2CCNCC23CC=CC3)cnc2ccc(F)cn12. The summed E-state index contributed by atoms with van der Waals surface area (Å²) in [6.07, 6.45) is 9.25. The molecule has 1 spiro atoms. The highest BCUT2D eigenvalue weighted by Crippen LogP contribution is 2.32. The normalized spacial score (nSPS) is 19.7. The van der Waals surface area contributed by atoms with Gasteiger partial charge in [0.2, 0.25) is 0 Å². The van der Waals surface area contributed by atoms with Crippen LogP contribution in [0.25, 0.3) is 5.65 Å². The second-order valence-electron chi connectivity index (χ2n) is 6.37. The van der Waals surface area contributed by atoms with E-state index in [1.807, 2.05) is 0 Å². The molecule has 1 fully saturated rings. The van der Waals surface area contributed by atoms with Crippen molar-refractivity contribution >= 4 is 18.1 Å². The van der Waals surface area contributed by atoms with E-state index in [1.165, 1.54) is 22.7 Å². The fraction of sp³-hybridized carbons (Fsp3) is 0.412. The zero-order valence-corrected chi connectivity index (χ0v) is 14.1. The van der Waals surface area contributed by atoms with E-state index in [1.54, 1.807) is 6.20 Å². The molecule has 7 heteroatoms. The molecule has 0 bridgehead atoms. The lowest BCUT2D eigenvalue weighted by Crippen LogP contribution is -2.59. The molecule has 128 valence electrons.